The standard InChI is InChI=1S/C19H22N4O5S/c1-19(2,3)28-18(25)21-15(11-13-7-5-4-6-8-13)17(24)22-20-12-14-9-10-16(29-14)23(26)27/h4-10,12,15H,11H2,1-3H3,(H,21,25)(H,22,24)/b20-12+. The first-order valence-corrected chi connectivity index (χ1v) is 9.56. The maximum absolute atomic E-state index is 12.6. The van der Waals surface area contributed by atoms with Crippen LogP contribution >= 0.6 is 11.3 Å². The van der Waals surface area contributed by atoms with Gasteiger partial charge in [-0.25, -0.2) is 10.2 Å². The Labute approximate surface area is 171 Å². The van der Waals surface area contributed by atoms with E-state index in [0.29, 0.717) is 4.88 Å². The Hall–Kier alpha value is -3.27. The number of rotatable bonds is 7. The number of nitrogens with zero attached hydrogens (tertiary/aromatic N) is 2. The Morgan fingerprint density at radius 1 is 1.24 bits per heavy atom. The van der Waals surface area contributed by atoms with Crippen molar-refractivity contribution in [3.8, 4) is 0 Å². The van der Waals surface area contributed by atoms with Crippen molar-refractivity contribution >= 4 is 34.6 Å². The van der Waals surface area contributed by atoms with E-state index in [1.54, 1.807) is 20.8 Å². The summed E-state index contributed by atoms with van der Waals surface area (Å²) in [7, 11) is 0. The predicted molar refractivity (Wildman–Crippen MR) is 110 cm³/mol. The third-order valence-electron chi connectivity index (χ3n) is 3.45. The quantitative estimate of drug-likeness (QED) is 0.406. The number of alkyl carbamates (subject to hydrolysis) is 1. The van der Waals surface area contributed by atoms with Crippen LogP contribution in [-0.2, 0) is 16.0 Å². The summed E-state index contributed by atoms with van der Waals surface area (Å²) in [5.74, 6) is -0.540. The summed E-state index contributed by atoms with van der Waals surface area (Å²) in [6, 6.07) is 11.2. The number of carbonyl (C=O) groups is 2. The molecule has 2 rings (SSSR count). The fourth-order valence-corrected chi connectivity index (χ4v) is 2.95. The van der Waals surface area contributed by atoms with Gasteiger partial charge in [-0.2, -0.15) is 5.10 Å². The molecule has 154 valence electrons. The first-order valence-electron chi connectivity index (χ1n) is 8.74. The monoisotopic (exact) mass is 418 g/mol. The van der Waals surface area contributed by atoms with Crippen LogP contribution in [0.4, 0.5) is 9.80 Å². The summed E-state index contributed by atoms with van der Waals surface area (Å²) in [6.07, 6.45) is 0.834. The van der Waals surface area contributed by atoms with Crippen LogP contribution in [-0.4, -0.2) is 34.8 Å². The molecule has 0 radical (unpaired) electrons. The van der Waals surface area contributed by atoms with Gasteiger partial charge in [0.2, 0.25) is 0 Å². The molecule has 1 aromatic carbocycles. The Morgan fingerprint density at radius 3 is 2.52 bits per heavy atom. The minimum atomic E-state index is -0.915. The molecule has 0 aliphatic heterocycles. The van der Waals surface area contributed by atoms with E-state index in [1.165, 1.54) is 18.3 Å². The van der Waals surface area contributed by atoms with E-state index in [-0.39, 0.29) is 11.4 Å². The van der Waals surface area contributed by atoms with Crippen molar-refractivity contribution in [1.29, 1.82) is 0 Å². The zero-order chi connectivity index (χ0) is 21.4. The number of hydrogen-bond donors (Lipinski definition) is 2. The first-order chi connectivity index (χ1) is 13.6. The summed E-state index contributed by atoms with van der Waals surface area (Å²) >= 11 is 0.931. The van der Waals surface area contributed by atoms with Crippen LogP contribution in [0.2, 0.25) is 0 Å². The lowest BCUT2D eigenvalue weighted by molar-refractivity contribution is -0.380. The number of ether oxygens (including phenoxy) is 1. The van der Waals surface area contributed by atoms with Gasteiger partial charge in [0.1, 0.15) is 11.6 Å². The van der Waals surface area contributed by atoms with Gasteiger partial charge in [-0.15, -0.1) is 0 Å². The molecule has 9 nitrogen and oxygen atoms in total. The number of nitrogens with one attached hydrogen (secondary N) is 2. The van der Waals surface area contributed by atoms with E-state index in [2.05, 4.69) is 15.8 Å². The molecule has 0 saturated heterocycles. The van der Waals surface area contributed by atoms with E-state index in [4.69, 9.17) is 4.74 Å². The number of hydrogen-bond acceptors (Lipinski definition) is 7. The van der Waals surface area contributed by atoms with Gasteiger partial charge in [0, 0.05) is 12.5 Å². The second-order valence-corrected chi connectivity index (χ2v) is 8.15. The van der Waals surface area contributed by atoms with Gasteiger partial charge in [-0.1, -0.05) is 41.7 Å². The van der Waals surface area contributed by atoms with Crippen molar-refractivity contribution in [3.63, 3.8) is 0 Å². The molecule has 0 spiro atoms. The van der Waals surface area contributed by atoms with E-state index in [1.807, 2.05) is 30.3 Å². The number of benzene rings is 1. The van der Waals surface area contributed by atoms with Gasteiger partial charge < -0.3 is 10.1 Å². The molecule has 10 heteroatoms. The molecular formula is C19H22N4O5S. The van der Waals surface area contributed by atoms with Crippen LogP contribution in [0.3, 0.4) is 0 Å². The minimum absolute atomic E-state index is 0.0219. The number of amides is 2. The van der Waals surface area contributed by atoms with Crippen molar-refractivity contribution in [2.45, 2.75) is 38.8 Å². The van der Waals surface area contributed by atoms with Crippen LogP contribution in [0, 0.1) is 10.1 Å². The topological polar surface area (TPSA) is 123 Å². The molecule has 0 aliphatic rings. The highest BCUT2D eigenvalue weighted by molar-refractivity contribution is 7.16. The molecule has 0 saturated carbocycles. The number of nitro groups is 1. The van der Waals surface area contributed by atoms with Gasteiger partial charge >= 0.3 is 11.1 Å². The summed E-state index contributed by atoms with van der Waals surface area (Å²) in [5.41, 5.74) is 2.50. The van der Waals surface area contributed by atoms with Crippen LogP contribution in [0.25, 0.3) is 0 Å². The number of carbonyl (C=O) groups excluding carboxylic acids is 2. The molecule has 2 amide bonds. The third kappa shape index (κ3) is 7.70. The summed E-state index contributed by atoms with van der Waals surface area (Å²) < 4.78 is 5.22. The van der Waals surface area contributed by atoms with Crippen LogP contribution in [0.1, 0.15) is 31.2 Å². The lowest BCUT2D eigenvalue weighted by atomic mass is 10.1. The van der Waals surface area contributed by atoms with E-state index >= 15 is 0 Å². The molecule has 1 unspecified atom stereocenters. The molecule has 2 N–H and O–H groups in total. The molecule has 1 heterocycles. The van der Waals surface area contributed by atoms with Crippen molar-refractivity contribution in [2.75, 3.05) is 0 Å². The number of thiophene rings is 1. The highest BCUT2D eigenvalue weighted by Crippen LogP contribution is 2.22. The van der Waals surface area contributed by atoms with Crippen LogP contribution in [0.15, 0.2) is 47.6 Å². The average molecular weight is 418 g/mol. The summed E-state index contributed by atoms with van der Waals surface area (Å²) in [5, 5.41) is 17.1. The second-order valence-electron chi connectivity index (χ2n) is 7.06. The van der Waals surface area contributed by atoms with Gasteiger partial charge in [0.25, 0.3) is 5.91 Å². The fourth-order valence-electron chi connectivity index (χ4n) is 2.26. The second kappa shape index (κ2) is 9.78. The Bertz CT molecular complexity index is 890. The molecule has 0 aliphatic carbocycles. The minimum Gasteiger partial charge on any atom is -0.444 e. The molecular weight excluding hydrogens is 396 g/mol. The molecule has 2 aromatic rings. The van der Waals surface area contributed by atoms with Crippen molar-refractivity contribution in [3.05, 3.63) is 63.0 Å². The SMILES string of the molecule is CC(C)(C)OC(=O)NC(Cc1ccccc1)C(=O)N/N=C/c1ccc([N+](=O)[O-])s1. The molecule has 1 aromatic heterocycles. The van der Waals surface area contributed by atoms with E-state index in [9.17, 15) is 19.7 Å². The largest absolute Gasteiger partial charge is 0.444 e. The van der Waals surface area contributed by atoms with E-state index in [0.717, 1.165) is 16.9 Å². The average Bonchev–Trinajstić information content (AvgIpc) is 3.09. The van der Waals surface area contributed by atoms with Gasteiger partial charge in [-0.05, 0) is 32.4 Å². The summed E-state index contributed by atoms with van der Waals surface area (Å²) in [6.45, 7) is 5.18. The van der Waals surface area contributed by atoms with Crippen molar-refractivity contribution in [1.82, 2.24) is 10.7 Å². The van der Waals surface area contributed by atoms with E-state index < -0.39 is 28.6 Å². The van der Waals surface area contributed by atoms with Crippen molar-refractivity contribution < 1.29 is 19.2 Å². The highest BCUT2D eigenvalue weighted by atomic mass is 32.1. The van der Waals surface area contributed by atoms with Crippen LogP contribution in [0.5, 0.6) is 0 Å². The highest BCUT2D eigenvalue weighted by Gasteiger charge is 2.24. The molecule has 0 fully saturated rings. The molecule has 1 atom stereocenters. The smallest absolute Gasteiger partial charge is 0.408 e. The summed E-state index contributed by atoms with van der Waals surface area (Å²) in [4.78, 5) is 35.4. The molecule has 29 heavy (non-hydrogen) atoms. The van der Waals surface area contributed by atoms with Crippen molar-refractivity contribution in [2.24, 2.45) is 5.10 Å². The third-order valence-corrected chi connectivity index (χ3v) is 4.42. The van der Waals surface area contributed by atoms with Gasteiger partial charge in [-0.3, -0.25) is 14.9 Å². The van der Waals surface area contributed by atoms with Gasteiger partial charge in [0.15, 0.2) is 0 Å². The van der Waals surface area contributed by atoms with Crippen LogP contribution < -0.4 is 10.7 Å². The normalized spacial score (nSPS) is 12.4. The maximum atomic E-state index is 12.6. The fraction of sp³-hybridized carbons (Fsp3) is 0.316. The Morgan fingerprint density at radius 2 is 1.93 bits per heavy atom. The van der Waals surface area contributed by atoms with Gasteiger partial charge in [0.05, 0.1) is 16.0 Å². The zero-order valence-corrected chi connectivity index (χ0v) is 17.1. The Kier molecular flexibility index (Phi) is 7.43. The number of hydrazone groups is 1. The predicted octanol–water partition coefficient (Wildman–Crippen LogP) is 3.24. The Balaban J connectivity index is 2.05. The first kappa shape index (κ1) is 22.0. The maximum Gasteiger partial charge on any atom is 0.408 e. The molecule has 0 bridgehead atoms. The zero-order valence-electron chi connectivity index (χ0n) is 16.2. The lowest BCUT2D eigenvalue weighted by Gasteiger charge is -2.23. The lowest BCUT2D eigenvalue weighted by Crippen LogP contribution is -2.48.